The second kappa shape index (κ2) is 8.24. The molecule has 0 aromatic heterocycles. The summed E-state index contributed by atoms with van der Waals surface area (Å²) in [5.74, 6) is -1.50. The quantitative estimate of drug-likeness (QED) is 0.574. The van der Waals surface area contributed by atoms with Gasteiger partial charge in [-0.05, 0) is 42.1 Å². The molecule has 0 saturated carbocycles. The van der Waals surface area contributed by atoms with Crippen LogP contribution in [-0.4, -0.2) is 22.1 Å². The van der Waals surface area contributed by atoms with Crippen molar-refractivity contribution in [2.24, 2.45) is 0 Å². The van der Waals surface area contributed by atoms with Crippen molar-refractivity contribution in [2.75, 3.05) is 5.32 Å². The zero-order chi connectivity index (χ0) is 17.5. The van der Waals surface area contributed by atoms with Crippen LogP contribution in [0.15, 0.2) is 54.6 Å². The van der Waals surface area contributed by atoms with E-state index in [2.05, 4.69) is 10.6 Å². The molecule has 24 heavy (non-hydrogen) atoms. The third kappa shape index (κ3) is 5.19. The molecule has 0 fully saturated rings. The average molecular weight is 361 g/mol. The summed E-state index contributed by atoms with van der Waals surface area (Å²) in [5.41, 5.74) is 1.35. The summed E-state index contributed by atoms with van der Waals surface area (Å²) in [6, 6.07) is 13.6. The van der Waals surface area contributed by atoms with Crippen LogP contribution in [0.4, 0.5) is 5.69 Å². The van der Waals surface area contributed by atoms with Gasteiger partial charge < -0.3 is 10.4 Å². The standard InChI is InChI=1S/C17H13ClN2O3S/c18-14-10-12(7-8-13(14)16(22)23)19-17(24)20-15(21)9-6-11-4-2-1-3-5-11/h1-10H,(H,22,23)(H2,19,20,21,24)/b9-6+. The van der Waals surface area contributed by atoms with Gasteiger partial charge in [-0.1, -0.05) is 41.9 Å². The maximum Gasteiger partial charge on any atom is 0.337 e. The van der Waals surface area contributed by atoms with Gasteiger partial charge in [0.15, 0.2) is 5.11 Å². The fourth-order valence-corrected chi connectivity index (χ4v) is 2.30. The molecular formula is C17H13ClN2O3S. The van der Waals surface area contributed by atoms with Crippen molar-refractivity contribution in [1.82, 2.24) is 5.32 Å². The van der Waals surface area contributed by atoms with E-state index in [1.165, 1.54) is 24.3 Å². The summed E-state index contributed by atoms with van der Waals surface area (Å²) in [7, 11) is 0. The van der Waals surface area contributed by atoms with E-state index >= 15 is 0 Å². The van der Waals surface area contributed by atoms with E-state index in [-0.39, 0.29) is 21.6 Å². The molecule has 3 N–H and O–H groups in total. The topological polar surface area (TPSA) is 78.4 Å². The lowest BCUT2D eigenvalue weighted by Gasteiger charge is -2.09. The van der Waals surface area contributed by atoms with E-state index in [1.807, 2.05) is 30.3 Å². The molecule has 2 rings (SSSR count). The van der Waals surface area contributed by atoms with Gasteiger partial charge in [0.25, 0.3) is 0 Å². The van der Waals surface area contributed by atoms with Gasteiger partial charge in [-0.2, -0.15) is 0 Å². The summed E-state index contributed by atoms with van der Waals surface area (Å²) < 4.78 is 0. The molecule has 5 nitrogen and oxygen atoms in total. The Hall–Kier alpha value is -2.70. The molecule has 0 saturated heterocycles. The number of carboxylic acids is 1. The van der Waals surface area contributed by atoms with E-state index in [0.717, 1.165) is 5.56 Å². The molecule has 0 heterocycles. The Morgan fingerprint density at radius 1 is 1.12 bits per heavy atom. The maximum absolute atomic E-state index is 11.8. The summed E-state index contributed by atoms with van der Waals surface area (Å²) in [6.45, 7) is 0. The highest BCUT2D eigenvalue weighted by atomic mass is 35.5. The molecule has 0 bridgehead atoms. The van der Waals surface area contributed by atoms with Crippen LogP contribution in [0.3, 0.4) is 0 Å². The number of carbonyl (C=O) groups excluding carboxylic acids is 1. The second-order valence-electron chi connectivity index (χ2n) is 4.69. The number of hydrogen-bond acceptors (Lipinski definition) is 3. The molecule has 1 amide bonds. The molecule has 7 heteroatoms. The van der Waals surface area contributed by atoms with E-state index in [1.54, 1.807) is 6.08 Å². The highest BCUT2D eigenvalue weighted by Crippen LogP contribution is 2.20. The normalized spacial score (nSPS) is 10.4. The molecule has 122 valence electrons. The minimum atomic E-state index is -1.12. The van der Waals surface area contributed by atoms with E-state index < -0.39 is 5.97 Å². The molecule has 0 aliphatic heterocycles. The number of benzene rings is 2. The fraction of sp³-hybridized carbons (Fsp3) is 0. The Morgan fingerprint density at radius 2 is 1.83 bits per heavy atom. The lowest BCUT2D eigenvalue weighted by atomic mass is 10.2. The Labute approximate surface area is 149 Å². The number of rotatable bonds is 4. The van der Waals surface area contributed by atoms with Crippen LogP contribution in [0.1, 0.15) is 15.9 Å². The van der Waals surface area contributed by atoms with Gasteiger partial charge in [0.05, 0.1) is 10.6 Å². The minimum Gasteiger partial charge on any atom is -0.478 e. The van der Waals surface area contributed by atoms with Crippen LogP contribution in [-0.2, 0) is 4.79 Å². The summed E-state index contributed by atoms with van der Waals surface area (Å²) >= 11 is 10.9. The van der Waals surface area contributed by atoms with Crippen molar-refractivity contribution >= 4 is 52.6 Å². The number of thiocarbonyl (C=S) groups is 1. The van der Waals surface area contributed by atoms with Crippen LogP contribution < -0.4 is 10.6 Å². The zero-order valence-electron chi connectivity index (χ0n) is 12.3. The number of halogens is 1. The summed E-state index contributed by atoms with van der Waals surface area (Å²) in [5, 5.41) is 14.3. The molecule has 0 aliphatic rings. The number of carbonyl (C=O) groups is 2. The number of aromatic carboxylic acids is 1. The van der Waals surface area contributed by atoms with Crippen LogP contribution in [0, 0.1) is 0 Å². The van der Waals surface area contributed by atoms with Gasteiger partial charge in [-0.25, -0.2) is 4.79 Å². The first kappa shape index (κ1) is 17.7. The van der Waals surface area contributed by atoms with Crippen molar-refractivity contribution < 1.29 is 14.7 Å². The van der Waals surface area contributed by atoms with Crippen molar-refractivity contribution in [3.63, 3.8) is 0 Å². The molecule has 2 aromatic carbocycles. The smallest absolute Gasteiger partial charge is 0.337 e. The first-order valence-corrected chi connectivity index (χ1v) is 7.62. The number of carboxylic acid groups (broad SMARTS) is 1. The van der Waals surface area contributed by atoms with E-state index in [0.29, 0.717) is 5.69 Å². The predicted octanol–water partition coefficient (Wildman–Crippen LogP) is 3.56. The lowest BCUT2D eigenvalue weighted by Crippen LogP contribution is -2.32. The van der Waals surface area contributed by atoms with Gasteiger partial charge in [0.2, 0.25) is 5.91 Å². The molecule has 2 aromatic rings. The first-order valence-electron chi connectivity index (χ1n) is 6.83. The third-order valence-corrected chi connectivity index (χ3v) is 3.44. The van der Waals surface area contributed by atoms with Crippen molar-refractivity contribution in [3.05, 3.63) is 70.8 Å². The predicted molar refractivity (Wildman–Crippen MR) is 98.3 cm³/mol. The zero-order valence-corrected chi connectivity index (χ0v) is 13.9. The highest BCUT2D eigenvalue weighted by molar-refractivity contribution is 7.80. The van der Waals surface area contributed by atoms with Gasteiger partial charge in [0, 0.05) is 11.8 Å². The first-order chi connectivity index (χ1) is 11.5. The SMILES string of the molecule is O=C(/C=C/c1ccccc1)NC(=S)Nc1ccc(C(=O)O)c(Cl)c1. The highest BCUT2D eigenvalue weighted by Gasteiger charge is 2.09. The van der Waals surface area contributed by atoms with Crippen molar-refractivity contribution in [2.45, 2.75) is 0 Å². The van der Waals surface area contributed by atoms with Crippen molar-refractivity contribution in [3.8, 4) is 0 Å². The molecular weight excluding hydrogens is 348 g/mol. The van der Waals surface area contributed by atoms with Gasteiger partial charge in [0.1, 0.15) is 0 Å². The molecule has 0 aliphatic carbocycles. The third-order valence-electron chi connectivity index (χ3n) is 2.92. The summed E-state index contributed by atoms with van der Waals surface area (Å²) in [4.78, 5) is 22.7. The van der Waals surface area contributed by atoms with Gasteiger partial charge >= 0.3 is 5.97 Å². The Morgan fingerprint density at radius 3 is 2.46 bits per heavy atom. The van der Waals surface area contributed by atoms with E-state index in [4.69, 9.17) is 28.9 Å². The van der Waals surface area contributed by atoms with Crippen molar-refractivity contribution in [1.29, 1.82) is 0 Å². The molecule has 0 atom stereocenters. The van der Waals surface area contributed by atoms with E-state index in [9.17, 15) is 9.59 Å². The molecule has 0 spiro atoms. The Bertz CT molecular complexity index is 807. The average Bonchev–Trinajstić information content (AvgIpc) is 2.53. The monoisotopic (exact) mass is 360 g/mol. The maximum atomic E-state index is 11.8. The Kier molecular flexibility index (Phi) is 6.06. The lowest BCUT2D eigenvalue weighted by molar-refractivity contribution is -0.115. The van der Waals surface area contributed by atoms with Crippen LogP contribution in [0.25, 0.3) is 6.08 Å². The van der Waals surface area contributed by atoms with Crippen LogP contribution in [0.2, 0.25) is 5.02 Å². The number of hydrogen-bond donors (Lipinski definition) is 3. The molecule has 0 radical (unpaired) electrons. The number of nitrogens with one attached hydrogen (secondary N) is 2. The van der Waals surface area contributed by atoms with Crippen LogP contribution >= 0.6 is 23.8 Å². The minimum absolute atomic E-state index is 0.0111. The number of anilines is 1. The fourth-order valence-electron chi connectivity index (χ4n) is 1.82. The largest absolute Gasteiger partial charge is 0.478 e. The van der Waals surface area contributed by atoms with Gasteiger partial charge in [-0.3, -0.25) is 10.1 Å². The summed E-state index contributed by atoms with van der Waals surface area (Å²) in [6.07, 6.45) is 3.03. The molecule has 0 unspecified atom stereocenters. The Balaban J connectivity index is 1.93. The van der Waals surface area contributed by atoms with Crippen LogP contribution in [0.5, 0.6) is 0 Å². The number of amides is 1. The second-order valence-corrected chi connectivity index (χ2v) is 5.50. The van der Waals surface area contributed by atoms with Gasteiger partial charge in [-0.15, -0.1) is 0 Å².